The molecule has 6 nitrogen and oxygen atoms in total. The first kappa shape index (κ1) is 18.7. The first-order valence-corrected chi connectivity index (χ1v) is 7.21. The van der Waals surface area contributed by atoms with Crippen LogP contribution in [0.2, 0.25) is 0 Å². The predicted octanol–water partition coefficient (Wildman–Crippen LogP) is 1.99. The van der Waals surface area contributed by atoms with Gasteiger partial charge in [-0.25, -0.2) is 9.59 Å². The molecule has 0 aliphatic rings. The molecule has 0 unspecified atom stereocenters. The van der Waals surface area contributed by atoms with Gasteiger partial charge in [0.1, 0.15) is 6.04 Å². The van der Waals surface area contributed by atoms with Gasteiger partial charge in [0, 0.05) is 13.2 Å². The summed E-state index contributed by atoms with van der Waals surface area (Å²) in [4.78, 5) is 22.6. The molecule has 0 fully saturated rings. The molecule has 0 aliphatic heterocycles. The minimum absolute atomic E-state index is 0.213. The Morgan fingerprint density at radius 2 is 1.80 bits per heavy atom. The first-order chi connectivity index (χ1) is 9.32. The molecule has 0 spiro atoms. The van der Waals surface area contributed by atoms with Crippen molar-refractivity contribution < 1.29 is 19.4 Å². The van der Waals surface area contributed by atoms with Crippen LogP contribution in [0.15, 0.2) is 0 Å². The number of carboxylic acids is 1. The van der Waals surface area contributed by atoms with Gasteiger partial charge < -0.3 is 20.5 Å². The predicted molar refractivity (Wildman–Crippen MR) is 77.7 cm³/mol. The van der Waals surface area contributed by atoms with Crippen LogP contribution >= 0.6 is 0 Å². The zero-order valence-electron chi connectivity index (χ0n) is 12.9. The Labute approximate surface area is 121 Å². The normalized spacial score (nSPS) is 12.5. The van der Waals surface area contributed by atoms with Crippen LogP contribution in [0.1, 0.15) is 47.0 Å². The lowest BCUT2D eigenvalue weighted by molar-refractivity contribution is -0.139. The molecule has 6 heteroatoms. The zero-order valence-corrected chi connectivity index (χ0v) is 12.9. The molecule has 0 rings (SSSR count). The van der Waals surface area contributed by atoms with Gasteiger partial charge >= 0.3 is 12.0 Å². The molecule has 118 valence electrons. The maximum absolute atomic E-state index is 11.6. The number of urea groups is 1. The van der Waals surface area contributed by atoms with Gasteiger partial charge in [-0.2, -0.15) is 0 Å². The van der Waals surface area contributed by atoms with Crippen molar-refractivity contribution in [1.29, 1.82) is 0 Å². The third kappa shape index (κ3) is 10.6. The van der Waals surface area contributed by atoms with Crippen LogP contribution < -0.4 is 10.6 Å². The highest BCUT2D eigenvalue weighted by molar-refractivity contribution is 5.82. The van der Waals surface area contributed by atoms with Crippen LogP contribution in [0, 0.1) is 5.92 Å². The van der Waals surface area contributed by atoms with Crippen LogP contribution in [0.3, 0.4) is 0 Å². The molecule has 0 bridgehead atoms. The first-order valence-electron chi connectivity index (χ1n) is 7.21. The molecule has 1 atom stereocenters. The fourth-order valence-corrected chi connectivity index (χ4v) is 1.65. The van der Waals surface area contributed by atoms with Crippen molar-refractivity contribution >= 4 is 12.0 Å². The summed E-state index contributed by atoms with van der Waals surface area (Å²) in [6.45, 7) is 8.99. The topological polar surface area (TPSA) is 87.7 Å². The van der Waals surface area contributed by atoms with Crippen molar-refractivity contribution in [3.05, 3.63) is 0 Å². The maximum Gasteiger partial charge on any atom is 0.326 e. The van der Waals surface area contributed by atoms with E-state index in [0.717, 1.165) is 12.8 Å². The van der Waals surface area contributed by atoms with Crippen LogP contribution in [-0.2, 0) is 9.53 Å². The van der Waals surface area contributed by atoms with Crippen LogP contribution in [0.25, 0.3) is 0 Å². The second-order valence-corrected chi connectivity index (χ2v) is 5.55. The van der Waals surface area contributed by atoms with Crippen LogP contribution in [0.5, 0.6) is 0 Å². The van der Waals surface area contributed by atoms with Gasteiger partial charge in [0.2, 0.25) is 0 Å². The van der Waals surface area contributed by atoms with E-state index in [1.165, 1.54) is 0 Å². The summed E-state index contributed by atoms with van der Waals surface area (Å²) in [5.74, 6) is -0.788. The Morgan fingerprint density at radius 3 is 2.30 bits per heavy atom. The summed E-state index contributed by atoms with van der Waals surface area (Å²) in [7, 11) is 0. The highest BCUT2D eigenvalue weighted by Crippen LogP contribution is 2.04. The van der Waals surface area contributed by atoms with Gasteiger partial charge in [0.25, 0.3) is 0 Å². The van der Waals surface area contributed by atoms with E-state index in [1.54, 1.807) is 0 Å². The summed E-state index contributed by atoms with van der Waals surface area (Å²) in [5.41, 5.74) is 0. The van der Waals surface area contributed by atoms with Gasteiger partial charge in [-0.3, -0.25) is 0 Å². The Morgan fingerprint density at radius 1 is 1.15 bits per heavy atom. The molecule has 3 N–H and O–H groups in total. The largest absolute Gasteiger partial charge is 0.480 e. The summed E-state index contributed by atoms with van der Waals surface area (Å²) >= 11 is 0. The third-order valence-electron chi connectivity index (χ3n) is 2.62. The van der Waals surface area contributed by atoms with Gasteiger partial charge in [0.15, 0.2) is 0 Å². The quantitative estimate of drug-likeness (QED) is 0.536. The van der Waals surface area contributed by atoms with Crippen molar-refractivity contribution in [2.24, 2.45) is 5.92 Å². The third-order valence-corrected chi connectivity index (χ3v) is 2.62. The van der Waals surface area contributed by atoms with Gasteiger partial charge in [-0.15, -0.1) is 0 Å². The van der Waals surface area contributed by atoms with E-state index in [4.69, 9.17) is 9.84 Å². The SMILES string of the molecule is CC(C)C[C@H](NC(=O)NCCCCOC(C)C)C(=O)O. The van der Waals surface area contributed by atoms with Crippen molar-refractivity contribution in [3.8, 4) is 0 Å². The number of hydrogen-bond acceptors (Lipinski definition) is 3. The molecule has 0 heterocycles. The lowest BCUT2D eigenvalue weighted by Crippen LogP contribution is -2.46. The minimum Gasteiger partial charge on any atom is -0.480 e. The molecule has 20 heavy (non-hydrogen) atoms. The molecular formula is C14H28N2O4. The number of amides is 2. The van der Waals surface area contributed by atoms with Gasteiger partial charge in [-0.05, 0) is 39.0 Å². The smallest absolute Gasteiger partial charge is 0.326 e. The molecule has 0 saturated heterocycles. The van der Waals surface area contributed by atoms with E-state index < -0.39 is 18.0 Å². The Balaban J connectivity index is 3.77. The number of hydrogen-bond donors (Lipinski definition) is 3. The van der Waals surface area contributed by atoms with E-state index in [0.29, 0.717) is 19.6 Å². The second kappa shape index (κ2) is 10.5. The summed E-state index contributed by atoms with van der Waals surface area (Å²) in [5, 5.41) is 14.1. The summed E-state index contributed by atoms with van der Waals surface area (Å²) in [6, 6.07) is -1.26. The van der Waals surface area contributed by atoms with Crippen molar-refractivity contribution in [2.75, 3.05) is 13.2 Å². The van der Waals surface area contributed by atoms with Crippen LogP contribution in [-0.4, -0.2) is 42.4 Å². The lowest BCUT2D eigenvalue weighted by Gasteiger charge is -2.17. The number of carboxylic acid groups (broad SMARTS) is 1. The second-order valence-electron chi connectivity index (χ2n) is 5.55. The number of carbonyl (C=O) groups is 2. The average molecular weight is 288 g/mol. The number of ether oxygens (including phenoxy) is 1. The van der Waals surface area contributed by atoms with Crippen LogP contribution in [0.4, 0.5) is 4.79 Å². The minimum atomic E-state index is -1.00. The van der Waals surface area contributed by atoms with Crippen molar-refractivity contribution in [1.82, 2.24) is 10.6 Å². The van der Waals surface area contributed by atoms with Gasteiger partial charge in [-0.1, -0.05) is 13.8 Å². The molecule has 0 saturated carbocycles. The fourth-order valence-electron chi connectivity index (χ4n) is 1.65. The van der Waals surface area contributed by atoms with E-state index in [-0.39, 0.29) is 12.0 Å². The Bertz CT molecular complexity index is 293. The number of unbranched alkanes of at least 4 members (excludes halogenated alkanes) is 1. The monoisotopic (exact) mass is 288 g/mol. The molecule has 0 aromatic rings. The zero-order chi connectivity index (χ0) is 15.5. The average Bonchev–Trinajstić information content (AvgIpc) is 2.31. The Hall–Kier alpha value is -1.30. The van der Waals surface area contributed by atoms with E-state index in [9.17, 15) is 9.59 Å². The van der Waals surface area contributed by atoms with E-state index in [1.807, 2.05) is 27.7 Å². The van der Waals surface area contributed by atoms with Gasteiger partial charge in [0.05, 0.1) is 6.10 Å². The molecular weight excluding hydrogens is 260 g/mol. The standard InChI is InChI=1S/C14H28N2O4/c1-10(2)9-12(13(17)18)16-14(19)15-7-5-6-8-20-11(3)4/h10-12H,5-9H2,1-4H3,(H,17,18)(H2,15,16,19)/t12-/m0/s1. The molecule has 0 aliphatic carbocycles. The van der Waals surface area contributed by atoms with Crippen molar-refractivity contribution in [3.63, 3.8) is 0 Å². The highest BCUT2D eigenvalue weighted by atomic mass is 16.5. The number of nitrogens with one attached hydrogen (secondary N) is 2. The summed E-state index contributed by atoms with van der Waals surface area (Å²) < 4.78 is 5.38. The van der Waals surface area contributed by atoms with Crippen molar-refractivity contribution in [2.45, 2.75) is 59.1 Å². The highest BCUT2D eigenvalue weighted by Gasteiger charge is 2.20. The lowest BCUT2D eigenvalue weighted by atomic mass is 10.0. The maximum atomic E-state index is 11.6. The number of aliphatic carboxylic acids is 1. The summed E-state index contributed by atoms with van der Waals surface area (Å²) in [6.07, 6.45) is 2.32. The molecule has 0 aromatic carbocycles. The van der Waals surface area contributed by atoms with E-state index >= 15 is 0 Å². The number of carbonyl (C=O) groups excluding carboxylic acids is 1. The number of rotatable bonds is 10. The van der Waals surface area contributed by atoms with E-state index in [2.05, 4.69) is 10.6 Å². The fraction of sp³-hybridized carbons (Fsp3) is 0.857. The Kier molecular flexibility index (Phi) is 9.80. The molecule has 2 amide bonds. The molecule has 0 radical (unpaired) electrons. The molecule has 0 aromatic heterocycles.